The molecule has 0 saturated heterocycles. The summed E-state index contributed by atoms with van der Waals surface area (Å²) < 4.78 is 5.22. The van der Waals surface area contributed by atoms with E-state index in [0.29, 0.717) is 0 Å². The van der Waals surface area contributed by atoms with Gasteiger partial charge in [0, 0.05) is 11.0 Å². The van der Waals surface area contributed by atoms with E-state index in [4.69, 9.17) is 20.2 Å². The number of amides is 1. The van der Waals surface area contributed by atoms with Crippen molar-refractivity contribution in [2.24, 2.45) is 11.0 Å². The molecule has 1 aromatic carbocycles. The molecule has 0 aliphatic heterocycles. The number of hydrogen-bond donors (Lipinski definition) is 4. The second kappa shape index (κ2) is 12.9. The van der Waals surface area contributed by atoms with E-state index >= 15 is 0 Å². The van der Waals surface area contributed by atoms with Gasteiger partial charge in [-0.2, -0.15) is 0 Å². The molecule has 0 spiro atoms. The van der Waals surface area contributed by atoms with Gasteiger partial charge in [0.05, 0.1) is 10.5 Å². The van der Waals surface area contributed by atoms with Crippen LogP contribution in [0.3, 0.4) is 0 Å². The number of benzene rings is 1. The van der Waals surface area contributed by atoms with Gasteiger partial charge in [-0.25, -0.2) is 10.3 Å². The molecule has 196 valence electrons. The van der Waals surface area contributed by atoms with Gasteiger partial charge in [-0.05, 0) is 57.2 Å². The Labute approximate surface area is 203 Å². The Kier molecular flexibility index (Phi) is 10.6. The third kappa shape index (κ3) is 9.44. The monoisotopic (exact) mass is 511 g/mol. The van der Waals surface area contributed by atoms with Crippen LogP contribution >= 0.6 is 0 Å². The number of nitro groups is 1. The minimum atomic E-state index is -1.72. The third-order valence-electron chi connectivity index (χ3n) is 4.46. The maximum absolute atomic E-state index is 12.3. The van der Waals surface area contributed by atoms with Gasteiger partial charge in [0.1, 0.15) is 12.0 Å². The van der Waals surface area contributed by atoms with E-state index in [1.165, 1.54) is 6.07 Å². The van der Waals surface area contributed by atoms with E-state index in [1.54, 1.807) is 20.8 Å². The van der Waals surface area contributed by atoms with Gasteiger partial charge in [0.25, 0.3) is 5.91 Å². The molecule has 16 heteroatoms. The Morgan fingerprint density at radius 3 is 2.25 bits per heavy atom. The van der Waals surface area contributed by atoms with Gasteiger partial charge in [-0.15, -0.1) is 0 Å². The molecule has 1 amide bonds. The maximum atomic E-state index is 12.3. The van der Waals surface area contributed by atoms with Crippen LogP contribution in [0, 0.1) is 16.0 Å². The largest absolute Gasteiger partial charge is 0.481 e. The number of carboxylic acids is 3. The second-order valence-corrected chi connectivity index (χ2v) is 8.42. The first kappa shape index (κ1) is 29.6. The quantitative estimate of drug-likeness (QED) is 0.0702. The lowest BCUT2D eigenvalue weighted by molar-refractivity contribution is -0.386. The smallest absolute Gasteiger partial charge is 0.344 e. The van der Waals surface area contributed by atoms with E-state index in [9.17, 15) is 39.5 Å². The van der Waals surface area contributed by atoms with E-state index < -0.39 is 83.1 Å². The molecule has 0 heterocycles. The average Bonchev–Trinajstić information content (AvgIpc) is 2.76. The van der Waals surface area contributed by atoms with Crippen molar-refractivity contribution in [3.8, 4) is 5.75 Å². The molecule has 1 aromatic rings. The molecule has 0 bridgehead atoms. The van der Waals surface area contributed by atoms with Crippen molar-refractivity contribution >= 4 is 29.5 Å². The Morgan fingerprint density at radius 2 is 1.78 bits per heavy atom. The summed E-state index contributed by atoms with van der Waals surface area (Å²) in [6, 6.07) is 1.62. The molecule has 0 fully saturated rings. The fourth-order valence-electron chi connectivity index (χ4n) is 2.72. The van der Waals surface area contributed by atoms with Gasteiger partial charge in [-0.3, -0.25) is 29.3 Å². The zero-order valence-corrected chi connectivity index (χ0v) is 19.5. The van der Waals surface area contributed by atoms with Crippen molar-refractivity contribution in [3.05, 3.63) is 44.3 Å². The van der Waals surface area contributed by atoms with Crippen molar-refractivity contribution in [2.45, 2.75) is 57.8 Å². The van der Waals surface area contributed by atoms with Gasteiger partial charge in [0.2, 0.25) is 0 Å². The molecule has 1 rings (SSSR count). The number of nitrogens with one attached hydrogen (secondary N) is 1. The second-order valence-electron chi connectivity index (χ2n) is 8.42. The van der Waals surface area contributed by atoms with E-state index in [-0.39, 0.29) is 5.56 Å². The molecule has 36 heavy (non-hydrogen) atoms. The lowest BCUT2D eigenvalue weighted by atomic mass is 9.98. The highest BCUT2D eigenvalue weighted by Gasteiger charge is 2.31. The zero-order chi connectivity index (χ0) is 27.6. The molecule has 4 N–H and O–H groups in total. The van der Waals surface area contributed by atoms with Crippen molar-refractivity contribution in [1.82, 2.24) is 5.48 Å². The number of nitro benzene ring substituents is 1. The summed E-state index contributed by atoms with van der Waals surface area (Å²) in [6.45, 7) is 4.86. The van der Waals surface area contributed by atoms with Crippen LogP contribution in [0.25, 0.3) is 10.4 Å². The summed E-state index contributed by atoms with van der Waals surface area (Å²) in [5.41, 5.74) is 9.01. The van der Waals surface area contributed by atoms with Crippen molar-refractivity contribution in [1.29, 1.82) is 0 Å². The first-order valence-corrected chi connectivity index (χ1v) is 10.3. The Bertz CT molecular complexity index is 1060. The van der Waals surface area contributed by atoms with Crippen molar-refractivity contribution in [2.75, 3.05) is 0 Å². The highest BCUT2D eigenvalue weighted by Crippen LogP contribution is 2.31. The van der Waals surface area contributed by atoms with Crippen LogP contribution in [-0.4, -0.2) is 61.8 Å². The summed E-state index contributed by atoms with van der Waals surface area (Å²) in [6.07, 6.45) is -3.06. The fourth-order valence-corrected chi connectivity index (χ4v) is 2.72. The third-order valence-corrected chi connectivity index (χ3v) is 4.46. The van der Waals surface area contributed by atoms with Crippen LogP contribution < -0.4 is 10.2 Å². The molecule has 0 aliphatic carbocycles. The highest BCUT2D eigenvalue weighted by atomic mass is 16.7. The number of hydroxylamine groups is 1. The van der Waals surface area contributed by atoms with Crippen LogP contribution in [-0.2, 0) is 30.4 Å². The minimum absolute atomic E-state index is 0.0635. The topological polar surface area (TPSA) is 251 Å². The predicted molar refractivity (Wildman–Crippen MR) is 119 cm³/mol. The predicted octanol–water partition coefficient (Wildman–Crippen LogP) is 2.06. The molecule has 0 aliphatic rings. The molecule has 0 aromatic heterocycles. The molecule has 3 atom stereocenters. The van der Waals surface area contributed by atoms with Gasteiger partial charge in [0.15, 0.2) is 11.9 Å². The van der Waals surface area contributed by atoms with Crippen molar-refractivity contribution < 1.29 is 49.0 Å². The van der Waals surface area contributed by atoms with Crippen molar-refractivity contribution in [3.63, 3.8) is 0 Å². The van der Waals surface area contributed by atoms with Gasteiger partial charge < -0.3 is 20.1 Å². The first-order chi connectivity index (χ1) is 16.7. The number of nitrogens with zero attached hydrogens (tertiary/aromatic N) is 4. The standard InChI is InChI=1S/C20H25N5O11/c1-20(2,3)36-23-16(26)11(17(27)28)8-10-4-6-14(13(9-10)25(33)34)35-15(19(31)32)7-5-12(18(29)30)22-24-21/h4,6,9,11-12,15H,5,7-8H2,1-3H3,(H,23,26)(H,27,28)(H,29,30)(H,31,32)/t11-,12-,15-/m0/s1. The summed E-state index contributed by atoms with van der Waals surface area (Å²) >= 11 is 0. The van der Waals surface area contributed by atoms with Crippen LogP contribution in [0.1, 0.15) is 39.2 Å². The van der Waals surface area contributed by atoms with Crippen LogP contribution in [0.4, 0.5) is 5.69 Å². The summed E-state index contributed by atoms with van der Waals surface area (Å²) in [7, 11) is 0. The number of ether oxygens (including phenoxy) is 1. The fraction of sp³-hybridized carbons (Fsp3) is 0.500. The van der Waals surface area contributed by atoms with Crippen LogP contribution in [0.5, 0.6) is 5.75 Å². The Hall–Kier alpha value is -4.43. The maximum Gasteiger partial charge on any atom is 0.344 e. The lowest BCUT2D eigenvalue weighted by Crippen LogP contribution is -2.40. The Morgan fingerprint density at radius 1 is 1.14 bits per heavy atom. The number of carbonyl (C=O) groups excluding carboxylic acids is 1. The minimum Gasteiger partial charge on any atom is -0.481 e. The summed E-state index contributed by atoms with van der Waals surface area (Å²) in [4.78, 5) is 64.6. The first-order valence-electron chi connectivity index (χ1n) is 10.3. The van der Waals surface area contributed by atoms with Gasteiger partial charge in [-0.1, -0.05) is 11.2 Å². The number of aliphatic carboxylic acids is 3. The zero-order valence-electron chi connectivity index (χ0n) is 19.5. The number of hydrogen-bond acceptors (Lipinski definition) is 9. The molecular weight excluding hydrogens is 486 g/mol. The van der Waals surface area contributed by atoms with Crippen LogP contribution in [0.2, 0.25) is 0 Å². The average molecular weight is 511 g/mol. The molecule has 0 saturated carbocycles. The number of carboxylic acid groups (broad SMARTS) is 3. The molecule has 16 nitrogen and oxygen atoms in total. The number of azide groups is 1. The summed E-state index contributed by atoms with van der Waals surface area (Å²) in [5.74, 6) is -7.68. The van der Waals surface area contributed by atoms with Crippen LogP contribution in [0.15, 0.2) is 23.3 Å². The number of rotatable bonds is 14. The molecule has 0 radical (unpaired) electrons. The lowest BCUT2D eigenvalue weighted by Gasteiger charge is -2.21. The van der Waals surface area contributed by atoms with Gasteiger partial charge >= 0.3 is 23.6 Å². The SMILES string of the molecule is CC(C)(C)ONC(=O)[C@H](Cc1ccc(O[C@@H](CC[C@H](N=[N+]=[N-])C(=O)O)C(=O)O)c([N+](=O)[O-])c1)C(=O)O. The molecule has 0 unspecified atom stereocenters. The number of carbonyl (C=O) groups is 4. The van der Waals surface area contributed by atoms with E-state index in [1.807, 2.05) is 5.48 Å². The normalized spacial score (nSPS) is 13.4. The Balaban J connectivity index is 3.13. The molecular formula is C20H25N5O11. The van der Waals surface area contributed by atoms with E-state index in [2.05, 4.69) is 10.0 Å². The van der Waals surface area contributed by atoms with E-state index in [0.717, 1.165) is 12.1 Å². The highest BCUT2D eigenvalue weighted by molar-refractivity contribution is 5.96. The summed E-state index contributed by atoms with van der Waals surface area (Å²) in [5, 5.41) is 42.4.